The first-order valence-electron chi connectivity index (χ1n) is 3.64. The molecule has 9 heavy (non-hydrogen) atoms. The molecule has 0 radical (unpaired) electrons. The standard InChI is InChI=1S/C8H15N/c1-6-5-8(6)4-3-7(2)9/h3-4,6-8H,5,9H2,1-2H3/b4-3+. The molecule has 0 amide bonds. The second kappa shape index (κ2) is 2.53. The van der Waals surface area contributed by atoms with Crippen molar-refractivity contribution in [2.24, 2.45) is 17.6 Å². The van der Waals surface area contributed by atoms with E-state index in [1.54, 1.807) is 0 Å². The summed E-state index contributed by atoms with van der Waals surface area (Å²) < 4.78 is 0. The van der Waals surface area contributed by atoms with E-state index < -0.39 is 0 Å². The molecular weight excluding hydrogens is 110 g/mol. The van der Waals surface area contributed by atoms with Gasteiger partial charge < -0.3 is 5.73 Å². The first kappa shape index (κ1) is 6.81. The van der Waals surface area contributed by atoms with Gasteiger partial charge in [-0.2, -0.15) is 0 Å². The van der Waals surface area contributed by atoms with Crippen molar-refractivity contribution in [1.82, 2.24) is 0 Å². The van der Waals surface area contributed by atoms with Gasteiger partial charge in [-0.15, -0.1) is 0 Å². The summed E-state index contributed by atoms with van der Waals surface area (Å²) in [5, 5.41) is 0. The van der Waals surface area contributed by atoms with Gasteiger partial charge in [0.2, 0.25) is 0 Å². The van der Waals surface area contributed by atoms with Crippen molar-refractivity contribution in [3.8, 4) is 0 Å². The summed E-state index contributed by atoms with van der Waals surface area (Å²) in [5.74, 6) is 1.76. The minimum Gasteiger partial charge on any atom is -0.325 e. The Morgan fingerprint density at radius 2 is 2.22 bits per heavy atom. The Morgan fingerprint density at radius 1 is 1.67 bits per heavy atom. The van der Waals surface area contributed by atoms with E-state index in [4.69, 9.17) is 5.73 Å². The Hall–Kier alpha value is -0.300. The van der Waals surface area contributed by atoms with E-state index in [2.05, 4.69) is 19.1 Å². The molecule has 3 unspecified atom stereocenters. The maximum atomic E-state index is 5.53. The minimum absolute atomic E-state index is 0.234. The molecule has 0 aromatic carbocycles. The highest BCUT2D eigenvalue weighted by atomic mass is 14.6. The van der Waals surface area contributed by atoms with Crippen molar-refractivity contribution in [3.05, 3.63) is 12.2 Å². The van der Waals surface area contributed by atoms with E-state index >= 15 is 0 Å². The fraction of sp³-hybridized carbons (Fsp3) is 0.750. The smallest absolute Gasteiger partial charge is 0.0194 e. The van der Waals surface area contributed by atoms with Crippen molar-refractivity contribution in [2.75, 3.05) is 0 Å². The highest BCUT2D eigenvalue weighted by Crippen LogP contribution is 2.38. The van der Waals surface area contributed by atoms with Crippen molar-refractivity contribution in [2.45, 2.75) is 26.3 Å². The lowest BCUT2D eigenvalue weighted by Crippen LogP contribution is -2.10. The lowest BCUT2D eigenvalue weighted by molar-refractivity contribution is 0.871. The number of allylic oxidation sites excluding steroid dienone is 1. The van der Waals surface area contributed by atoms with Gasteiger partial charge in [0.1, 0.15) is 0 Å². The molecule has 0 aromatic rings. The Labute approximate surface area is 56.9 Å². The van der Waals surface area contributed by atoms with Crippen LogP contribution in [0.3, 0.4) is 0 Å². The molecule has 1 saturated carbocycles. The molecule has 0 spiro atoms. The van der Waals surface area contributed by atoms with Crippen LogP contribution in [0.2, 0.25) is 0 Å². The molecule has 1 nitrogen and oxygen atoms in total. The molecule has 1 aliphatic carbocycles. The molecule has 0 aliphatic heterocycles. The first-order chi connectivity index (χ1) is 4.20. The average Bonchev–Trinajstić information content (AvgIpc) is 2.42. The van der Waals surface area contributed by atoms with E-state index in [-0.39, 0.29) is 6.04 Å². The van der Waals surface area contributed by atoms with E-state index in [0.717, 1.165) is 11.8 Å². The lowest BCUT2D eigenvalue weighted by atomic mass is 10.2. The van der Waals surface area contributed by atoms with E-state index in [1.807, 2.05) is 6.92 Å². The van der Waals surface area contributed by atoms with Crippen molar-refractivity contribution in [3.63, 3.8) is 0 Å². The normalized spacial score (nSPS) is 37.2. The van der Waals surface area contributed by atoms with Gasteiger partial charge in [-0.05, 0) is 25.2 Å². The number of hydrogen-bond donors (Lipinski definition) is 1. The Balaban J connectivity index is 2.18. The van der Waals surface area contributed by atoms with E-state index in [1.165, 1.54) is 6.42 Å². The quantitative estimate of drug-likeness (QED) is 0.557. The number of rotatable bonds is 2. The SMILES string of the molecule is CC(N)/C=C/C1CC1C. The third kappa shape index (κ3) is 2.19. The molecule has 1 fully saturated rings. The van der Waals surface area contributed by atoms with Crippen molar-refractivity contribution in [1.29, 1.82) is 0 Å². The molecule has 1 heteroatoms. The molecular formula is C8H15N. The van der Waals surface area contributed by atoms with Crippen molar-refractivity contribution < 1.29 is 0 Å². The van der Waals surface area contributed by atoms with Gasteiger partial charge in [0.15, 0.2) is 0 Å². The van der Waals surface area contributed by atoms with Crippen molar-refractivity contribution >= 4 is 0 Å². The zero-order valence-electron chi connectivity index (χ0n) is 6.17. The van der Waals surface area contributed by atoms with E-state index in [9.17, 15) is 0 Å². The predicted octanol–water partition coefficient (Wildman–Crippen LogP) is 1.55. The third-order valence-electron chi connectivity index (χ3n) is 1.83. The van der Waals surface area contributed by atoms with Crippen LogP contribution in [-0.4, -0.2) is 6.04 Å². The molecule has 1 rings (SSSR count). The first-order valence-corrected chi connectivity index (χ1v) is 3.64. The van der Waals surface area contributed by atoms with Crippen LogP contribution >= 0.6 is 0 Å². The Bertz CT molecular complexity index is 116. The zero-order chi connectivity index (χ0) is 6.85. The summed E-state index contributed by atoms with van der Waals surface area (Å²) in [6.07, 6.45) is 5.70. The fourth-order valence-corrected chi connectivity index (χ4v) is 0.937. The minimum atomic E-state index is 0.234. The van der Waals surface area contributed by atoms with Gasteiger partial charge in [-0.25, -0.2) is 0 Å². The van der Waals surface area contributed by atoms with E-state index in [0.29, 0.717) is 0 Å². The molecule has 1 aliphatic rings. The molecule has 0 bridgehead atoms. The molecule has 0 saturated heterocycles. The highest BCUT2D eigenvalue weighted by molar-refractivity contribution is 5.02. The van der Waals surface area contributed by atoms with Crippen LogP contribution in [0.25, 0.3) is 0 Å². The molecule has 0 aromatic heterocycles. The summed E-state index contributed by atoms with van der Waals surface area (Å²) in [5.41, 5.74) is 5.53. The monoisotopic (exact) mass is 125 g/mol. The summed E-state index contributed by atoms with van der Waals surface area (Å²) in [4.78, 5) is 0. The Kier molecular flexibility index (Phi) is 1.91. The average molecular weight is 125 g/mol. The highest BCUT2D eigenvalue weighted by Gasteiger charge is 2.29. The maximum absolute atomic E-state index is 5.53. The summed E-state index contributed by atoms with van der Waals surface area (Å²) in [7, 11) is 0. The topological polar surface area (TPSA) is 26.0 Å². The molecule has 2 N–H and O–H groups in total. The van der Waals surface area contributed by atoms with Gasteiger partial charge in [-0.1, -0.05) is 19.1 Å². The van der Waals surface area contributed by atoms with Crippen LogP contribution in [0.1, 0.15) is 20.3 Å². The Morgan fingerprint density at radius 3 is 2.56 bits per heavy atom. The van der Waals surface area contributed by atoms with Crippen LogP contribution in [0.15, 0.2) is 12.2 Å². The van der Waals surface area contributed by atoms with Gasteiger partial charge in [0.25, 0.3) is 0 Å². The summed E-state index contributed by atoms with van der Waals surface area (Å²) in [6, 6.07) is 0.234. The fourth-order valence-electron chi connectivity index (χ4n) is 0.937. The van der Waals surface area contributed by atoms with Gasteiger partial charge >= 0.3 is 0 Å². The van der Waals surface area contributed by atoms with Gasteiger partial charge in [0.05, 0.1) is 0 Å². The third-order valence-corrected chi connectivity index (χ3v) is 1.83. The van der Waals surface area contributed by atoms with Crippen LogP contribution < -0.4 is 5.73 Å². The van der Waals surface area contributed by atoms with Crippen LogP contribution in [0, 0.1) is 11.8 Å². The maximum Gasteiger partial charge on any atom is 0.0194 e. The second-order valence-corrected chi connectivity index (χ2v) is 3.12. The van der Waals surface area contributed by atoms with Gasteiger partial charge in [-0.3, -0.25) is 0 Å². The largest absolute Gasteiger partial charge is 0.325 e. The molecule has 0 heterocycles. The van der Waals surface area contributed by atoms with Crippen LogP contribution in [-0.2, 0) is 0 Å². The van der Waals surface area contributed by atoms with Gasteiger partial charge in [0, 0.05) is 6.04 Å². The number of nitrogens with two attached hydrogens (primary N) is 1. The molecule has 3 atom stereocenters. The zero-order valence-corrected chi connectivity index (χ0v) is 6.17. The van der Waals surface area contributed by atoms with Crippen LogP contribution in [0.4, 0.5) is 0 Å². The second-order valence-electron chi connectivity index (χ2n) is 3.12. The number of hydrogen-bond acceptors (Lipinski definition) is 1. The lowest BCUT2D eigenvalue weighted by Gasteiger charge is -1.91. The summed E-state index contributed by atoms with van der Waals surface area (Å²) >= 11 is 0. The molecule has 52 valence electrons. The predicted molar refractivity (Wildman–Crippen MR) is 40.1 cm³/mol. The summed E-state index contributed by atoms with van der Waals surface area (Å²) in [6.45, 7) is 4.28. The van der Waals surface area contributed by atoms with Crippen LogP contribution in [0.5, 0.6) is 0 Å².